The number of aryl methyl sites for hydroxylation is 1. The molecule has 33 heavy (non-hydrogen) atoms. The standard InChI is InChI=1S/C19H19ClN6O5S2/c1-3-10-32(28,29)19-22-11-15(20)16(25-19)17(27)24-13-4-6-14(7-5-13)33(30,31)26-18-21-9-8-12(2)23-18/h4-9,11H,3,10H2,1-2H3,(H,24,27)(H,21,23,26). The van der Waals surface area contributed by atoms with Gasteiger partial charge >= 0.3 is 0 Å². The lowest BCUT2D eigenvalue weighted by atomic mass is 10.3. The van der Waals surface area contributed by atoms with E-state index >= 15 is 0 Å². The highest BCUT2D eigenvalue weighted by Crippen LogP contribution is 2.20. The first-order valence-electron chi connectivity index (χ1n) is 9.51. The lowest BCUT2D eigenvalue weighted by Crippen LogP contribution is -2.18. The minimum atomic E-state index is -3.96. The molecule has 2 aromatic heterocycles. The highest BCUT2D eigenvalue weighted by Gasteiger charge is 2.22. The summed E-state index contributed by atoms with van der Waals surface area (Å²) in [5.74, 6) is -1.02. The zero-order valence-corrected chi connectivity index (χ0v) is 19.9. The highest BCUT2D eigenvalue weighted by atomic mass is 35.5. The summed E-state index contributed by atoms with van der Waals surface area (Å²) in [6, 6.07) is 6.88. The molecule has 2 heterocycles. The van der Waals surface area contributed by atoms with Crippen LogP contribution < -0.4 is 10.0 Å². The lowest BCUT2D eigenvalue weighted by molar-refractivity contribution is 0.102. The van der Waals surface area contributed by atoms with E-state index in [0.717, 1.165) is 6.20 Å². The Morgan fingerprint density at radius 2 is 1.73 bits per heavy atom. The van der Waals surface area contributed by atoms with Gasteiger partial charge in [-0.15, -0.1) is 0 Å². The van der Waals surface area contributed by atoms with Gasteiger partial charge in [-0.3, -0.25) is 4.79 Å². The number of hydrogen-bond donors (Lipinski definition) is 2. The van der Waals surface area contributed by atoms with Crippen molar-refractivity contribution >= 4 is 49.0 Å². The summed E-state index contributed by atoms with van der Waals surface area (Å²) in [7, 11) is -7.71. The van der Waals surface area contributed by atoms with Gasteiger partial charge in [-0.25, -0.2) is 41.5 Å². The van der Waals surface area contributed by atoms with E-state index in [1.165, 1.54) is 30.5 Å². The number of sulfonamides is 1. The smallest absolute Gasteiger partial charge is 0.275 e. The van der Waals surface area contributed by atoms with Gasteiger partial charge in [-0.05, 0) is 43.7 Å². The number of aromatic nitrogens is 4. The second-order valence-electron chi connectivity index (χ2n) is 6.77. The average molecular weight is 511 g/mol. The van der Waals surface area contributed by atoms with Gasteiger partial charge in [0, 0.05) is 17.6 Å². The zero-order valence-electron chi connectivity index (χ0n) is 17.5. The van der Waals surface area contributed by atoms with E-state index in [-0.39, 0.29) is 33.0 Å². The number of benzene rings is 1. The quantitative estimate of drug-likeness (QED) is 0.433. The molecular weight excluding hydrogens is 492 g/mol. The van der Waals surface area contributed by atoms with Gasteiger partial charge in [0.05, 0.1) is 21.9 Å². The van der Waals surface area contributed by atoms with E-state index in [2.05, 4.69) is 30.0 Å². The Hall–Kier alpha value is -3.16. The van der Waals surface area contributed by atoms with Crippen LogP contribution in [-0.4, -0.2) is 48.4 Å². The Kier molecular flexibility index (Phi) is 7.25. The molecule has 0 fully saturated rings. The molecule has 0 aliphatic rings. The summed E-state index contributed by atoms with van der Waals surface area (Å²) in [5, 5.41) is 1.87. The van der Waals surface area contributed by atoms with Crippen molar-refractivity contribution in [2.45, 2.75) is 30.3 Å². The Labute approximate surface area is 195 Å². The summed E-state index contributed by atoms with van der Waals surface area (Å²) in [5.41, 5.74) is 0.504. The number of halogens is 1. The molecule has 174 valence electrons. The predicted octanol–water partition coefficient (Wildman–Crippen LogP) is 2.47. The fourth-order valence-corrected chi connectivity index (χ4v) is 4.90. The van der Waals surface area contributed by atoms with Crippen LogP contribution in [0.4, 0.5) is 11.6 Å². The first-order valence-corrected chi connectivity index (χ1v) is 13.0. The van der Waals surface area contributed by atoms with E-state index < -0.39 is 30.9 Å². The molecule has 0 aliphatic carbocycles. The molecule has 0 saturated heterocycles. The van der Waals surface area contributed by atoms with Crippen LogP contribution >= 0.6 is 11.6 Å². The van der Waals surface area contributed by atoms with Crippen LogP contribution in [0.2, 0.25) is 5.02 Å². The fraction of sp³-hybridized carbons (Fsp3) is 0.211. The summed E-state index contributed by atoms with van der Waals surface area (Å²) in [4.78, 5) is 27.9. The molecule has 0 atom stereocenters. The van der Waals surface area contributed by atoms with Crippen LogP contribution in [-0.2, 0) is 19.9 Å². The number of sulfone groups is 1. The number of nitrogens with one attached hydrogen (secondary N) is 2. The molecular formula is C19H19ClN6O5S2. The monoisotopic (exact) mass is 510 g/mol. The summed E-state index contributed by atoms with van der Waals surface area (Å²) in [6.07, 6.45) is 2.83. The second kappa shape index (κ2) is 9.77. The van der Waals surface area contributed by atoms with Crippen molar-refractivity contribution in [3.05, 3.63) is 59.1 Å². The van der Waals surface area contributed by atoms with Crippen molar-refractivity contribution in [3.63, 3.8) is 0 Å². The number of hydrogen-bond acceptors (Lipinski definition) is 9. The lowest BCUT2D eigenvalue weighted by Gasteiger charge is -2.10. The van der Waals surface area contributed by atoms with Crippen LogP contribution in [0, 0.1) is 6.92 Å². The number of rotatable bonds is 8. The van der Waals surface area contributed by atoms with Gasteiger partial charge in [0.2, 0.25) is 20.9 Å². The first kappa shape index (κ1) is 24.5. The normalized spacial score (nSPS) is 11.7. The molecule has 0 saturated carbocycles. The SMILES string of the molecule is CCCS(=O)(=O)c1ncc(Cl)c(C(=O)Nc2ccc(S(=O)(=O)Nc3nccc(C)n3)cc2)n1. The average Bonchev–Trinajstić information content (AvgIpc) is 2.74. The molecule has 1 aromatic carbocycles. The second-order valence-corrected chi connectivity index (χ2v) is 10.9. The summed E-state index contributed by atoms with van der Waals surface area (Å²) >= 11 is 5.98. The molecule has 2 N–H and O–H groups in total. The van der Waals surface area contributed by atoms with E-state index in [1.807, 2.05) is 0 Å². The number of amides is 1. The van der Waals surface area contributed by atoms with Gasteiger partial charge in [0.1, 0.15) is 0 Å². The van der Waals surface area contributed by atoms with Crippen LogP contribution in [0.15, 0.2) is 52.8 Å². The summed E-state index contributed by atoms with van der Waals surface area (Å²) in [6.45, 7) is 3.39. The largest absolute Gasteiger partial charge is 0.321 e. The Morgan fingerprint density at radius 1 is 1.03 bits per heavy atom. The predicted molar refractivity (Wildman–Crippen MR) is 121 cm³/mol. The van der Waals surface area contributed by atoms with Gasteiger partial charge in [-0.1, -0.05) is 18.5 Å². The fourth-order valence-electron chi connectivity index (χ4n) is 2.60. The maximum atomic E-state index is 12.6. The molecule has 0 spiro atoms. The third kappa shape index (κ3) is 6.00. The van der Waals surface area contributed by atoms with Crippen molar-refractivity contribution in [2.24, 2.45) is 0 Å². The van der Waals surface area contributed by atoms with Crippen LogP contribution in [0.25, 0.3) is 0 Å². The minimum absolute atomic E-state index is 0.0698. The molecule has 0 radical (unpaired) electrons. The van der Waals surface area contributed by atoms with Crippen LogP contribution in [0.3, 0.4) is 0 Å². The van der Waals surface area contributed by atoms with Gasteiger partial charge < -0.3 is 5.32 Å². The van der Waals surface area contributed by atoms with Crippen molar-refractivity contribution in [3.8, 4) is 0 Å². The Balaban J connectivity index is 1.78. The molecule has 0 aliphatic heterocycles. The third-order valence-corrected chi connectivity index (χ3v) is 7.45. The third-order valence-electron chi connectivity index (χ3n) is 4.13. The number of carbonyl (C=O) groups is 1. The van der Waals surface area contributed by atoms with Crippen molar-refractivity contribution in [1.29, 1.82) is 0 Å². The number of nitrogens with zero attached hydrogens (tertiary/aromatic N) is 4. The zero-order chi connectivity index (χ0) is 24.2. The molecule has 3 aromatic rings. The van der Waals surface area contributed by atoms with Gasteiger partial charge in [-0.2, -0.15) is 0 Å². The van der Waals surface area contributed by atoms with E-state index in [4.69, 9.17) is 11.6 Å². The van der Waals surface area contributed by atoms with Crippen molar-refractivity contribution < 1.29 is 21.6 Å². The minimum Gasteiger partial charge on any atom is -0.321 e. The van der Waals surface area contributed by atoms with Crippen LogP contribution in [0.5, 0.6) is 0 Å². The number of anilines is 2. The van der Waals surface area contributed by atoms with E-state index in [0.29, 0.717) is 12.1 Å². The maximum Gasteiger partial charge on any atom is 0.275 e. The molecule has 0 unspecified atom stereocenters. The van der Waals surface area contributed by atoms with E-state index in [9.17, 15) is 21.6 Å². The van der Waals surface area contributed by atoms with Gasteiger partial charge in [0.15, 0.2) is 5.69 Å². The molecule has 11 nitrogen and oxygen atoms in total. The van der Waals surface area contributed by atoms with Crippen LogP contribution in [0.1, 0.15) is 29.5 Å². The van der Waals surface area contributed by atoms with Gasteiger partial charge in [0.25, 0.3) is 15.9 Å². The summed E-state index contributed by atoms with van der Waals surface area (Å²) < 4.78 is 51.7. The highest BCUT2D eigenvalue weighted by molar-refractivity contribution is 7.92. The molecule has 1 amide bonds. The molecule has 3 rings (SSSR count). The Morgan fingerprint density at radius 3 is 2.36 bits per heavy atom. The maximum absolute atomic E-state index is 12.6. The topological polar surface area (TPSA) is 161 Å². The molecule has 14 heteroatoms. The van der Waals surface area contributed by atoms with Crippen molar-refractivity contribution in [2.75, 3.05) is 15.8 Å². The molecule has 0 bridgehead atoms. The van der Waals surface area contributed by atoms with E-state index in [1.54, 1.807) is 19.9 Å². The Bertz CT molecular complexity index is 1400. The number of carbonyl (C=O) groups excluding carboxylic acids is 1. The first-order chi connectivity index (χ1) is 15.5. The van der Waals surface area contributed by atoms with Crippen molar-refractivity contribution in [1.82, 2.24) is 19.9 Å².